The van der Waals surface area contributed by atoms with E-state index in [0.29, 0.717) is 6.54 Å². The van der Waals surface area contributed by atoms with Crippen LogP contribution in [0.25, 0.3) is 0 Å². The van der Waals surface area contributed by atoms with E-state index >= 15 is 0 Å². The molecule has 1 aliphatic heterocycles. The summed E-state index contributed by atoms with van der Waals surface area (Å²) in [4.78, 5) is 13.6. The molecule has 0 aromatic heterocycles. The third-order valence-corrected chi connectivity index (χ3v) is 2.57. The number of likely N-dealkylation sites (tertiary alicyclic amines) is 1. The van der Waals surface area contributed by atoms with Crippen molar-refractivity contribution in [3.05, 3.63) is 0 Å². The van der Waals surface area contributed by atoms with E-state index < -0.39 is 0 Å². The third kappa shape index (κ3) is 2.97. The van der Waals surface area contributed by atoms with Crippen LogP contribution in [0.15, 0.2) is 0 Å². The highest BCUT2D eigenvalue weighted by atomic mass is 16.1. The lowest BCUT2D eigenvalue weighted by Crippen LogP contribution is -2.43. The van der Waals surface area contributed by atoms with Crippen molar-refractivity contribution in [2.24, 2.45) is 11.7 Å². The Bertz CT molecular complexity index is 170. The van der Waals surface area contributed by atoms with E-state index in [1.165, 1.54) is 0 Å². The van der Waals surface area contributed by atoms with Crippen LogP contribution in [-0.2, 0) is 4.79 Å². The zero-order valence-electron chi connectivity index (χ0n) is 8.25. The van der Waals surface area contributed by atoms with Gasteiger partial charge in [0.1, 0.15) is 0 Å². The number of carbonyl (C=O) groups is 1. The van der Waals surface area contributed by atoms with Gasteiger partial charge in [-0.3, -0.25) is 4.79 Å². The van der Waals surface area contributed by atoms with Crippen molar-refractivity contribution >= 4 is 5.91 Å². The number of nitrogens with zero attached hydrogens (tertiary/aromatic N) is 1. The lowest BCUT2D eigenvalue weighted by molar-refractivity contribution is -0.126. The summed E-state index contributed by atoms with van der Waals surface area (Å²) in [5, 5.41) is 2.70. The summed E-state index contributed by atoms with van der Waals surface area (Å²) in [7, 11) is 1.70. The number of carbonyl (C=O) groups excluding carboxylic acids is 1. The lowest BCUT2D eigenvalue weighted by atomic mass is 9.97. The second kappa shape index (κ2) is 5.19. The molecule has 1 atom stereocenters. The van der Waals surface area contributed by atoms with Gasteiger partial charge in [0, 0.05) is 26.7 Å². The summed E-state index contributed by atoms with van der Waals surface area (Å²) >= 11 is 0. The quantitative estimate of drug-likeness (QED) is 0.617. The van der Waals surface area contributed by atoms with E-state index in [2.05, 4.69) is 10.2 Å². The minimum Gasteiger partial charge on any atom is -0.359 e. The van der Waals surface area contributed by atoms with Crippen LogP contribution < -0.4 is 11.1 Å². The molecule has 1 unspecified atom stereocenters. The molecule has 0 saturated carbocycles. The van der Waals surface area contributed by atoms with Crippen LogP contribution in [0, 0.1) is 5.92 Å². The van der Waals surface area contributed by atoms with E-state index in [1.807, 2.05) is 0 Å². The number of rotatable bonds is 3. The van der Waals surface area contributed by atoms with Crippen molar-refractivity contribution in [3.8, 4) is 0 Å². The van der Waals surface area contributed by atoms with E-state index in [-0.39, 0.29) is 11.8 Å². The molecule has 1 fully saturated rings. The first kappa shape index (κ1) is 10.5. The highest BCUT2D eigenvalue weighted by molar-refractivity contribution is 5.78. The van der Waals surface area contributed by atoms with Gasteiger partial charge in [-0.25, -0.2) is 0 Å². The first-order chi connectivity index (χ1) is 6.27. The van der Waals surface area contributed by atoms with Gasteiger partial charge < -0.3 is 16.0 Å². The summed E-state index contributed by atoms with van der Waals surface area (Å²) in [6, 6.07) is 0. The zero-order chi connectivity index (χ0) is 9.68. The van der Waals surface area contributed by atoms with E-state index in [1.54, 1.807) is 7.05 Å². The topological polar surface area (TPSA) is 58.4 Å². The summed E-state index contributed by atoms with van der Waals surface area (Å²) < 4.78 is 0. The molecule has 4 heteroatoms. The van der Waals surface area contributed by atoms with E-state index in [9.17, 15) is 4.79 Å². The average molecular weight is 185 g/mol. The molecule has 13 heavy (non-hydrogen) atoms. The molecule has 1 amide bonds. The SMILES string of the molecule is CNC(=O)C1CCCN(CCN)C1. The number of piperidine rings is 1. The van der Waals surface area contributed by atoms with Crippen LogP contribution in [0.5, 0.6) is 0 Å². The first-order valence-electron chi connectivity index (χ1n) is 4.92. The average Bonchev–Trinajstić information content (AvgIpc) is 2.18. The van der Waals surface area contributed by atoms with E-state index in [0.717, 1.165) is 32.5 Å². The third-order valence-electron chi connectivity index (χ3n) is 2.57. The number of hydrogen-bond donors (Lipinski definition) is 2. The van der Waals surface area contributed by atoms with Gasteiger partial charge in [0.25, 0.3) is 0 Å². The summed E-state index contributed by atoms with van der Waals surface area (Å²) in [6.07, 6.45) is 2.12. The lowest BCUT2D eigenvalue weighted by Gasteiger charge is -2.31. The Hall–Kier alpha value is -0.610. The second-order valence-electron chi connectivity index (χ2n) is 3.54. The number of nitrogens with one attached hydrogen (secondary N) is 1. The van der Waals surface area contributed by atoms with Crippen molar-refractivity contribution < 1.29 is 4.79 Å². The maximum atomic E-state index is 11.3. The minimum atomic E-state index is 0.168. The van der Waals surface area contributed by atoms with Gasteiger partial charge in [-0.05, 0) is 19.4 Å². The fraction of sp³-hybridized carbons (Fsp3) is 0.889. The van der Waals surface area contributed by atoms with Gasteiger partial charge in [-0.2, -0.15) is 0 Å². The molecular weight excluding hydrogens is 166 g/mol. The van der Waals surface area contributed by atoms with Gasteiger partial charge in [0.15, 0.2) is 0 Å². The zero-order valence-corrected chi connectivity index (χ0v) is 8.25. The highest BCUT2D eigenvalue weighted by Crippen LogP contribution is 2.15. The number of nitrogens with two attached hydrogens (primary N) is 1. The van der Waals surface area contributed by atoms with Crippen molar-refractivity contribution in [1.82, 2.24) is 10.2 Å². The van der Waals surface area contributed by atoms with Crippen molar-refractivity contribution in [2.75, 3.05) is 33.2 Å². The molecule has 4 nitrogen and oxygen atoms in total. The standard InChI is InChI=1S/C9H19N3O/c1-11-9(13)8-3-2-5-12(7-8)6-4-10/h8H,2-7,10H2,1H3,(H,11,13). The Morgan fingerprint density at radius 3 is 3.08 bits per heavy atom. The Morgan fingerprint density at radius 1 is 1.69 bits per heavy atom. The molecule has 1 rings (SSSR count). The molecule has 0 spiro atoms. The smallest absolute Gasteiger partial charge is 0.224 e. The maximum absolute atomic E-state index is 11.3. The van der Waals surface area contributed by atoms with Crippen LogP contribution in [0.3, 0.4) is 0 Å². The minimum absolute atomic E-state index is 0.168. The molecule has 0 aromatic rings. The normalized spacial score (nSPS) is 24.3. The molecule has 0 aliphatic carbocycles. The molecule has 1 heterocycles. The van der Waals surface area contributed by atoms with Gasteiger partial charge in [0.2, 0.25) is 5.91 Å². The van der Waals surface area contributed by atoms with Crippen molar-refractivity contribution in [1.29, 1.82) is 0 Å². The summed E-state index contributed by atoms with van der Waals surface area (Å²) in [5.74, 6) is 0.340. The number of amides is 1. The van der Waals surface area contributed by atoms with Gasteiger partial charge in [0.05, 0.1) is 5.92 Å². The highest BCUT2D eigenvalue weighted by Gasteiger charge is 2.24. The summed E-state index contributed by atoms with van der Waals surface area (Å²) in [6.45, 7) is 3.55. The molecule has 1 saturated heterocycles. The monoisotopic (exact) mass is 185 g/mol. The predicted octanol–water partition coefficient (Wildman–Crippen LogP) is -0.597. The largest absolute Gasteiger partial charge is 0.359 e. The fourth-order valence-corrected chi connectivity index (χ4v) is 1.86. The fourth-order valence-electron chi connectivity index (χ4n) is 1.86. The maximum Gasteiger partial charge on any atom is 0.224 e. The molecule has 3 N–H and O–H groups in total. The molecular formula is C9H19N3O. The predicted molar refractivity (Wildman–Crippen MR) is 52.3 cm³/mol. The van der Waals surface area contributed by atoms with Crippen molar-refractivity contribution in [3.63, 3.8) is 0 Å². The van der Waals surface area contributed by atoms with Crippen LogP contribution >= 0.6 is 0 Å². The Morgan fingerprint density at radius 2 is 2.46 bits per heavy atom. The molecule has 1 aliphatic rings. The van der Waals surface area contributed by atoms with Gasteiger partial charge in [-0.1, -0.05) is 0 Å². The molecule has 76 valence electrons. The van der Waals surface area contributed by atoms with Crippen LogP contribution in [0.4, 0.5) is 0 Å². The Kier molecular flexibility index (Phi) is 4.18. The van der Waals surface area contributed by atoms with Crippen LogP contribution in [0.1, 0.15) is 12.8 Å². The molecule has 0 bridgehead atoms. The van der Waals surface area contributed by atoms with Gasteiger partial charge in [-0.15, -0.1) is 0 Å². The first-order valence-corrected chi connectivity index (χ1v) is 4.92. The van der Waals surface area contributed by atoms with E-state index in [4.69, 9.17) is 5.73 Å². The van der Waals surface area contributed by atoms with Gasteiger partial charge >= 0.3 is 0 Å². The Labute approximate surface area is 79.5 Å². The Balaban J connectivity index is 2.37. The number of hydrogen-bond acceptors (Lipinski definition) is 3. The second-order valence-corrected chi connectivity index (χ2v) is 3.54. The molecule has 0 radical (unpaired) electrons. The van der Waals surface area contributed by atoms with Crippen molar-refractivity contribution in [2.45, 2.75) is 12.8 Å². The summed E-state index contributed by atoms with van der Waals surface area (Å²) in [5.41, 5.74) is 5.47. The molecule has 0 aromatic carbocycles. The van der Waals surface area contributed by atoms with Crippen LogP contribution in [-0.4, -0.2) is 44.0 Å². The van der Waals surface area contributed by atoms with Crippen LogP contribution in [0.2, 0.25) is 0 Å².